The van der Waals surface area contributed by atoms with E-state index in [9.17, 15) is 0 Å². The molecule has 3 heteroatoms. The van der Waals surface area contributed by atoms with Gasteiger partial charge in [-0.05, 0) is 30.0 Å². The molecule has 17 heavy (non-hydrogen) atoms. The summed E-state index contributed by atoms with van der Waals surface area (Å²) in [7, 11) is 1.70. The van der Waals surface area contributed by atoms with Gasteiger partial charge in [-0.15, -0.1) is 11.3 Å². The predicted octanol–water partition coefficient (Wildman–Crippen LogP) is 4.33. The Hall–Kier alpha value is -1.35. The molecule has 1 aromatic heterocycles. The van der Waals surface area contributed by atoms with Gasteiger partial charge in [-0.25, -0.2) is 4.98 Å². The Labute approximate surface area is 106 Å². The second-order valence-electron chi connectivity index (χ2n) is 4.14. The smallest absolute Gasteiger partial charge is 0.128 e. The second-order valence-corrected chi connectivity index (χ2v) is 4.86. The van der Waals surface area contributed by atoms with Gasteiger partial charge >= 0.3 is 0 Å². The Bertz CT molecular complexity index is 479. The highest BCUT2D eigenvalue weighted by atomic mass is 32.1. The zero-order valence-corrected chi connectivity index (χ0v) is 11.3. The van der Waals surface area contributed by atoms with Gasteiger partial charge in [0.25, 0.3) is 0 Å². The van der Waals surface area contributed by atoms with Gasteiger partial charge in [-0.3, -0.25) is 0 Å². The molecule has 0 spiro atoms. The SMILES string of the molecule is CCC(C)c1ccc(OC)c(-c2cscn2)c1. The molecule has 0 aliphatic heterocycles. The van der Waals surface area contributed by atoms with Gasteiger partial charge in [0.1, 0.15) is 5.75 Å². The maximum Gasteiger partial charge on any atom is 0.128 e. The van der Waals surface area contributed by atoms with E-state index >= 15 is 0 Å². The maximum absolute atomic E-state index is 5.40. The van der Waals surface area contributed by atoms with Gasteiger partial charge in [-0.2, -0.15) is 0 Å². The second kappa shape index (κ2) is 5.32. The lowest BCUT2D eigenvalue weighted by Gasteiger charge is -2.13. The average molecular weight is 247 g/mol. The van der Waals surface area contributed by atoms with E-state index in [0.717, 1.165) is 23.4 Å². The molecule has 0 saturated heterocycles. The molecule has 0 radical (unpaired) electrons. The van der Waals surface area contributed by atoms with Crippen LogP contribution in [0.15, 0.2) is 29.1 Å². The minimum absolute atomic E-state index is 0.568. The molecular formula is C14H17NOS. The molecule has 1 aromatic carbocycles. The number of aromatic nitrogens is 1. The quantitative estimate of drug-likeness (QED) is 0.802. The summed E-state index contributed by atoms with van der Waals surface area (Å²) in [6, 6.07) is 6.38. The molecule has 1 heterocycles. The van der Waals surface area contributed by atoms with E-state index in [1.165, 1.54) is 5.56 Å². The minimum Gasteiger partial charge on any atom is -0.496 e. The fourth-order valence-corrected chi connectivity index (χ4v) is 2.37. The fourth-order valence-electron chi connectivity index (χ4n) is 1.81. The van der Waals surface area contributed by atoms with Crippen LogP contribution in [0.4, 0.5) is 0 Å². The Morgan fingerprint density at radius 1 is 1.41 bits per heavy atom. The van der Waals surface area contributed by atoms with E-state index in [1.54, 1.807) is 18.4 Å². The van der Waals surface area contributed by atoms with Crippen LogP contribution >= 0.6 is 11.3 Å². The Kier molecular flexibility index (Phi) is 3.79. The van der Waals surface area contributed by atoms with Gasteiger partial charge in [0.05, 0.1) is 18.3 Å². The van der Waals surface area contributed by atoms with Crippen molar-refractivity contribution in [3.63, 3.8) is 0 Å². The molecular weight excluding hydrogens is 230 g/mol. The van der Waals surface area contributed by atoms with Crippen LogP contribution in [0.25, 0.3) is 11.3 Å². The summed E-state index contributed by atoms with van der Waals surface area (Å²) < 4.78 is 5.40. The van der Waals surface area contributed by atoms with Crippen LogP contribution in [0.5, 0.6) is 5.75 Å². The number of benzene rings is 1. The molecule has 0 N–H and O–H groups in total. The normalized spacial score (nSPS) is 12.4. The van der Waals surface area contributed by atoms with E-state index in [4.69, 9.17) is 4.74 Å². The molecule has 2 aromatic rings. The first kappa shape index (κ1) is 12.1. The van der Waals surface area contributed by atoms with Crippen molar-refractivity contribution in [1.82, 2.24) is 4.98 Å². The van der Waals surface area contributed by atoms with Crippen molar-refractivity contribution in [2.75, 3.05) is 7.11 Å². The van der Waals surface area contributed by atoms with Crippen LogP contribution in [0, 0.1) is 0 Å². The molecule has 1 unspecified atom stereocenters. The van der Waals surface area contributed by atoms with Crippen LogP contribution in [0.1, 0.15) is 31.7 Å². The molecule has 0 amide bonds. The summed E-state index contributed by atoms with van der Waals surface area (Å²) in [6.45, 7) is 4.45. The number of hydrogen-bond acceptors (Lipinski definition) is 3. The molecule has 0 saturated carbocycles. The molecule has 0 bridgehead atoms. The zero-order chi connectivity index (χ0) is 12.3. The average Bonchev–Trinajstić information content (AvgIpc) is 2.90. The summed E-state index contributed by atoms with van der Waals surface area (Å²) in [5.41, 5.74) is 5.28. The van der Waals surface area contributed by atoms with Crippen molar-refractivity contribution < 1.29 is 4.74 Å². The number of nitrogens with zero attached hydrogens (tertiary/aromatic N) is 1. The van der Waals surface area contributed by atoms with E-state index in [1.807, 2.05) is 11.6 Å². The highest BCUT2D eigenvalue weighted by Gasteiger charge is 2.11. The van der Waals surface area contributed by atoms with Gasteiger partial charge in [0.2, 0.25) is 0 Å². The van der Waals surface area contributed by atoms with Crippen LogP contribution in [0.2, 0.25) is 0 Å². The van der Waals surface area contributed by atoms with E-state index in [0.29, 0.717) is 5.92 Å². The molecule has 1 atom stereocenters. The monoisotopic (exact) mass is 247 g/mol. The number of hydrogen-bond donors (Lipinski definition) is 0. The van der Waals surface area contributed by atoms with Gasteiger partial charge in [0, 0.05) is 10.9 Å². The Morgan fingerprint density at radius 2 is 2.24 bits per heavy atom. The van der Waals surface area contributed by atoms with E-state index in [-0.39, 0.29) is 0 Å². The largest absolute Gasteiger partial charge is 0.496 e. The summed E-state index contributed by atoms with van der Waals surface area (Å²) in [5.74, 6) is 1.46. The fraction of sp³-hybridized carbons (Fsp3) is 0.357. The molecule has 2 nitrogen and oxygen atoms in total. The molecule has 0 aliphatic carbocycles. The lowest BCUT2D eigenvalue weighted by atomic mass is 9.96. The third kappa shape index (κ3) is 2.50. The van der Waals surface area contributed by atoms with Crippen molar-refractivity contribution in [2.24, 2.45) is 0 Å². The van der Waals surface area contributed by atoms with Crippen molar-refractivity contribution in [1.29, 1.82) is 0 Å². The summed E-state index contributed by atoms with van der Waals surface area (Å²) in [5, 5.41) is 2.05. The third-order valence-electron chi connectivity index (χ3n) is 3.11. The molecule has 90 valence electrons. The minimum atomic E-state index is 0.568. The molecule has 2 rings (SSSR count). The van der Waals surface area contributed by atoms with E-state index < -0.39 is 0 Å². The highest BCUT2D eigenvalue weighted by molar-refractivity contribution is 7.07. The van der Waals surface area contributed by atoms with Crippen LogP contribution < -0.4 is 4.74 Å². The number of methoxy groups -OCH3 is 1. The summed E-state index contributed by atoms with van der Waals surface area (Å²) in [4.78, 5) is 4.36. The van der Waals surface area contributed by atoms with Gasteiger partial charge < -0.3 is 4.74 Å². The lowest BCUT2D eigenvalue weighted by molar-refractivity contribution is 0.416. The van der Waals surface area contributed by atoms with Crippen LogP contribution in [0.3, 0.4) is 0 Å². The number of ether oxygens (including phenoxy) is 1. The van der Waals surface area contributed by atoms with Crippen molar-refractivity contribution in [2.45, 2.75) is 26.2 Å². The standard InChI is InChI=1S/C14H17NOS/c1-4-10(2)11-5-6-14(16-3)12(7-11)13-8-17-9-15-13/h5-10H,4H2,1-3H3. The first-order valence-corrected chi connectivity index (χ1v) is 6.77. The molecule has 0 aliphatic rings. The molecule has 0 fully saturated rings. The van der Waals surface area contributed by atoms with Crippen LogP contribution in [-0.4, -0.2) is 12.1 Å². The Morgan fingerprint density at radius 3 is 2.82 bits per heavy atom. The van der Waals surface area contributed by atoms with Gasteiger partial charge in [0.15, 0.2) is 0 Å². The summed E-state index contributed by atoms with van der Waals surface area (Å²) in [6.07, 6.45) is 1.14. The first-order chi connectivity index (χ1) is 8.26. The summed E-state index contributed by atoms with van der Waals surface area (Å²) >= 11 is 1.61. The van der Waals surface area contributed by atoms with Crippen molar-refractivity contribution in [3.8, 4) is 17.0 Å². The Balaban J connectivity index is 2.47. The maximum atomic E-state index is 5.40. The first-order valence-electron chi connectivity index (χ1n) is 5.82. The van der Waals surface area contributed by atoms with Gasteiger partial charge in [-0.1, -0.05) is 19.9 Å². The van der Waals surface area contributed by atoms with Crippen molar-refractivity contribution in [3.05, 3.63) is 34.7 Å². The third-order valence-corrected chi connectivity index (χ3v) is 3.70. The topological polar surface area (TPSA) is 22.1 Å². The number of rotatable bonds is 4. The highest BCUT2D eigenvalue weighted by Crippen LogP contribution is 2.33. The van der Waals surface area contributed by atoms with E-state index in [2.05, 4.69) is 36.3 Å². The predicted molar refractivity (Wildman–Crippen MR) is 72.8 cm³/mol. The zero-order valence-electron chi connectivity index (χ0n) is 10.4. The lowest BCUT2D eigenvalue weighted by Crippen LogP contribution is -1.94. The van der Waals surface area contributed by atoms with Crippen molar-refractivity contribution >= 4 is 11.3 Å². The number of thiazole rings is 1. The van der Waals surface area contributed by atoms with Crippen LogP contribution in [-0.2, 0) is 0 Å².